The molecule has 154 valence electrons. The van der Waals surface area contributed by atoms with Crippen LogP contribution >= 0.6 is 11.6 Å². The van der Waals surface area contributed by atoms with Crippen molar-refractivity contribution in [1.82, 2.24) is 10.3 Å². The first-order valence-corrected chi connectivity index (χ1v) is 9.44. The van der Waals surface area contributed by atoms with Crippen LogP contribution in [0.25, 0.3) is 11.1 Å². The third kappa shape index (κ3) is 3.80. The van der Waals surface area contributed by atoms with E-state index in [9.17, 15) is 13.2 Å². The Morgan fingerprint density at radius 2 is 1.87 bits per heavy atom. The molecular formula is C22H17ClF3N3O. The molecule has 0 fully saturated rings. The summed E-state index contributed by atoms with van der Waals surface area (Å²) in [6.45, 7) is -2.73. The van der Waals surface area contributed by atoms with Crippen LogP contribution in [-0.4, -0.2) is 18.1 Å². The predicted octanol–water partition coefficient (Wildman–Crippen LogP) is 4.83. The lowest BCUT2D eigenvalue weighted by molar-refractivity contribution is -0.0522. The molecule has 1 aliphatic heterocycles. The minimum atomic E-state index is -3.11. The summed E-state index contributed by atoms with van der Waals surface area (Å²) in [5.41, 5.74) is 8.29. The van der Waals surface area contributed by atoms with Crippen LogP contribution in [0.15, 0.2) is 72.8 Å². The molecule has 1 atom stereocenters. The van der Waals surface area contributed by atoms with Gasteiger partial charge in [-0.1, -0.05) is 35.9 Å². The zero-order chi connectivity index (χ0) is 21.3. The van der Waals surface area contributed by atoms with Crippen LogP contribution < -0.4 is 15.8 Å². The predicted molar refractivity (Wildman–Crippen MR) is 109 cm³/mol. The number of hydrogen-bond acceptors (Lipinski definition) is 4. The van der Waals surface area contributed by atoms with Gasteiger partial charge in [-0.15, -0.1) is 0 Å². The number of rotatable bonds is 5. The van der Waals surface area contributed by atoms with E-state index in [2.05, 4.69) is 15.0 Å². The highest BCUT2D eigenvalue weighted by atomic mass is 35.5. The molecule has 3 N–H and O–H groups in total. The summed E-state index contributed by atoms with van der Waals surface area (Å²) in [5.74, 6) is -0.940. The Hall–Kier alpha value is -3.19. The first kappa shape index (κ1) is 20.1. The molecule has 0 radical (unpaired) electrons. The van der Waals surface area contributed by atoms with Gasteiger partial charge >= 0.3 is 6.61 Å². The molecule has 8 heteroatoms. The van der Waals surface area contributed by atoms with Gasteiger partial charge in [-0.3, -0.25) is 4.98 Å². The molecule has 30 heavy (non-hydrogen) atoms. The maximum absolute atomic E-state index is 14.5. The number of benzene rings is 2. The van der Waals surface area contributed by atoms with Gasteiger partial charge in [0, 0.05) is 24.5 Å². The fraction of sp³-hybridized carbons (Fsp3) is 0.136. The molecule has 4 rings (SSSR count). The number of aromatic nitrogens is 1. The van der Waals surface area contributed by atoms with E-state index in [1.807, 2.05) is 24.3 Å². The zero-order valence-electron chi connectivity index (χ0n) is 15.6. The molecule has 2 heterocycles. The van der Waals surface area contributed by atoms with Crippen molar-refractivity contribution >= 4 is 11.6 Å². The second-order valence-corrected chi connectivity index (χ2v) is 7.36. The highest BCUT2D eigenvalue weighted by Gasteiger charge is 2.37. The molecule has 1 aromatic heterocycles. The smallest absolute Gasteiger partial charge is 0.387 e. The highest BCUT2D eigenvalue weighted by molar-refractivity contribution is 6.30. The van der Waals surface area contributed by atoms with Gasteiger partial charge in [-0.05, 0) is 47.0 Å². The standard InChI is InChI=1S/C22H17ClF3N3O/c23-17-7-14(10-28-11-17)13-2-1-3-15(6-13)22(9-20(27)29-12-22)16-4-5-19(18(24)8-16)30-21(25)26/h1-11,21,29H,12,27H2. The Morgan fingerprint density at radius 3 is 2.53 bits per heavy atom. The Bertz CT molecular complexity index is 1120. The molecule has 0 bridgehead atoms. The minimum Gasteiger partial charge on any atom is -0.432 e. The van der Waals surface area contributed by atoms with Crippen LogP contribution in [0.3, 0.4) is 0 Å². The summed E-state index contributed by atoms with van der Waals surface area (Å²) < 4.78 is 43.7. The normalized spacial score (nSPS) is 18.2. The maximum Gasteiger partial charge on any atom is 0.387 e. The first-order chi connectivity index (χ1) is 14.4. The van der Waals surface area contributed by atoms with Crippen molar-refractivity contribution in [2.24, 2.45) is 5.73 Å². The van der Waals surface area contributed by atoms with E-state index in [1.165, 1.54) is 12.1 Å². The molecule has 0 spiro atoms. The maximum atomic E-state index is 14.5. The molecular weight excluding hydrogens is 415 g/mol. The summed E-state index contributed by atoms with van der Waals surface area (Å²) in [4.78, 5) is 4.12. The Labute approximate surface area is 176 Å². The van der Waals surface area contributed by atoms with Gasteiger partial charge in [0.1, 0.15) is 0 Å². The number of pyridine rings is 1. The van der Waals surface area contributed by atoms with Crippen molar-refractivity contribution in [3.8, 4) is 16.9 Å². The monoisotopic (exact) mass is 431 g/mol. The SMILES string of the molecule is NC1=CC(c2cccc(-c3cncc(Cl)c3)c2)(c2ccc(OC(F)F)c(F)c2)CN1. The van der Waals surface area contributed by atoms with E-state index < -0.39 is 23.6 Å². The fourth-order valence-corrected chi connectivity index (χ4v) is 3.84. The lowest BCUT2D eigenvalue weighted by Gasteiger charge is -2.29. The summed E-state index contributed by atoms with van der Waals surface area (Å²) in [7, 11) is 0. The van der Waals surface area contributed by atoms with Crippen LogP contribution in [-0.2, 0) is 5.41 Å². The first-order valence-electron chi connectivity index (χ1n) is 9.06. The van der Waals surface area contributed by atoms with Crippen molar-refractivity contribution in [2.45, 2.75) is 12.0 Å². The third-order valence-corrected chi connectivity index (χ3v) is 5.26. The van der Waals surface area contributed by atoms with Crippen molar-refractivity contribution in [3.63, 3.8) is 0 Å². The van der Waals surface area contributed by atoms with E-state index in [4.69, 9.17) is 17.3 Å². The van der Waals surface area contributed by atoms with E-state index in [1.54, 1.807) is 30.6 Å². The fourth-order valence-electron chi connectivity index (χ4n) is 3.66. The van der Waals surface area contributed by atoms with Crippen LogP contribution in [0.5, 0.6) is 5.75 Å². The molecule has 1 aliphatic rings. The number of hydrogen-bond donors (Lipinski definition) is 2. The van der Waals surface area contributed by atoms with E-state index in [0.717, 1.165) is 16.7 Å². The molecule has 2 aromatic carbocycles. The number of nitrogens with two attached hydrogens (primary N) is 1. The second-order valence-electron chi connectivity index (χ2n) is 6.92. The quantitative estimate of drug-likeness (QED) is 0.607. The van der Waals surface area contributed by atoms with Gasteiger partial charge in [-0.2, -0.15) is 8.78 Å². The molecule has 0 saturated heterocycles. The van der Waals surface area contributed by atoms with E-state index in [-0.39, 0.29) is 0 Å². The molecule has 3 aromatic rings. The molecule has 1 unspecified atom stereocenters. The van der Waals surface area contributed by atoms with E-state index >= 15 is 0 Å². The topological polar surface area (TPSA) is 60.2 Å². The Kier molecular flexibility index (Phi) is 5.30. The van der Waals surface area contributed by atoms with Crippen LogP contribution in [0, 0.1) is 5.82 Å². The molecule has 0 aliphatic carbocycles. The highest BCUT2D eigenvalue weighted by Crippen LogP contribution is 2.39. The van der Waals surface area contributed by atoms with Gasteiger partial charge in [0.25, 0.3) is 0 Å². The van der Waals surface area contributed by atoms with Gasteiger partial charge in [0.05, 0.1) is 16.3 Å². The summed E-state index contributed by atoms with van der Waals surface area (Å²) in [6.07, 6.45) is 5.04. The largest absolute Gasteiger partial charge is 0.432 e. The van der Waals surface area contributed by atoms with Crippen molar-refractivity contribution in [1.29, 1.82) is 0 Å². The van der Waals surface area contributed by atoms with Crippen molar-refractivity contribution < 1.29 is 17.9 Å². The molecule has 0 saturated carbocycles. The van der Waals surface area contributed by atoms with Crippen molar-refractivity contribution in [2.75, 3.05) is 6.54 Å². The lowest BCUT2D eigenvalue weighted by Crippen LogP contribution is -2.31. The van der Waals surface area contributed by atoms with E-state index in [0.29, 0.717) is 23.0 Å². The summed E-state index contributed by atoms with van der Waals surface area (Å²) in [6, 6.07) is 13.4. The lowest BCUT2D eigenvalue weighted by atomic mass is 9.74. The van der Waals surface area contributed by atoms with Gasteiger partial charge in [0.2, 0.25) is 0 Å². The molecule has 4 nitrogen and oxygen atoms in total. The average Bonchev–Trinajstić information content (AvgIpc) is 3.12. The van der Waals surface area contributed by atoms with Crippen molar-refractivity contribution in [3.05, 3.63) is 94.8 Å². The number of nitrogens with zero attached hydrogens (tertiary/aromatic N) is 1. The third-order valence-electron chi connectivity index (χ3n) is 5.05. The summed E-state index contributed by atoms with van der Waals surface area (Å²) >= 11 is 6.07. The average molecular weight is 432 g/mol. The number of alkyl halides is 2. The number of ether oxygens (including phenoxy) is 1. The number of nitrogens with one attached hydrogen (secondary N) is 1. The Morgan fingerprint density at radius 1 is 1.07 bits per heavy atom. The van der Waals surface area contributed by atoms with Gasteiger partial charge in [0.15, 0.2) is 11.6 Å². The van der Waals surface area contributed by atoms with Crippen LogP contribution in [0.4, 0.5) is 13.2 Å². The molecule has 0 amide bonds. The summed E-state index contributed by atoms with van der Waals surface area (Å²) in [5, 5.41) is 3.58. The minimum absolute atomic E-state index is 0.380. The van der Waals surface area contributed by atoms with Gasteiger partial charge in [-0.25, -0.2) is 4.39 Å². The number of halogens is 4. The van der Waals surface area contributed by atoms with Crippen LogP contribution in [0.2, 0.25) is 5.02 Å². The van der Waals surface area contributed by atoms with Crippen LogP contribution in [0.1, 0.15) is 11.1 Å². The zero-order valence-corrected chi connectivity index (χ0v) is 16.3. The Balaban J connectivity index is 1.81. The second kappa shape index (κ2) is 7.91. The van der Waals surface area contributed by atoms with Gasteiger partial charge < -0.3 is 15.8 Å².